The van der Waals surface area contributed by atoms with Crippen molar-refractivity contribution in [3.8, 4) is 0 Å². The summed E-state index contributed by atoms with van der Waals surface area (Å²) < 4.78 is 1.91. The molecule has 1 amide bonds. The third-order valence-corrected chi connectivity index (χ3v) is 5.72. The number of carbonyl (C=O) groups excluding carboxylic acids is 1. The zero-order valence-electron chi connectivity index (χ0n) is 15.9. The Bertz CT molecular complexity index is 727. The Morgan fingerprint density at radius 1 is 1.42 bits per heavy atom. The summed E-state index contributed by atoms with van der Waals surface area (Å²) in [5.74, 6) is 1.41. The Kier molecular flexibility index (Phi) is 5.67. The fourth-order valence-corrected chi connectivity index (χ4v) is 4.03. The fourth-order valence-electron chi connectivity index (χ4n) is 3.51. The average Bonchev–Trinajstić information content (AvgIpc) is 3.31. The topological polar surface area (TPSA) is 80.0 Å². The molecule has 0 N–H and O–H groups in total. The van der Waals surface area contributed by atoms with Crippen LogP contribution in [0, 0.1) is 5.92 Å². The summed E-state index contributed by atoms with van der Waals surface area (Å²) in [6.07, 6.45) is 2.84. The molecule has 0 spiro atoms. The van der Waals surface area contributed by atoms with Crippen LogP contribution in [0.5, 0.6) is 0 Å². The zero-order valence-corrected chi connectivity index (χ0v) is 16.7. The molecule has 1 aliphatic heterocycles. The van der Waals surface area contributed by atoms with E-state index in [-0.39, 0.29) is 11.4 Å². The normalized spacial score (nSPS) is 20.9. The number of carbonyl (C=O) groups is 1. The summed E-state index contributed by atoms with van der Waals surface area (Å²) in [5.41, 5.74) is 1.83. The first kappa shape index (κ1) is 18.9. The molecule has 1 saturated heterocycles. The Morgan fingerprint density at radius 3 is 2.88 bits per heavy atom. The molecule has 1 fully saturated rings. The van der Waals surface area contributed by atoms with Crippen LogP contribution in [0.1, 0.15) is 49.4 Å². The molecule has 3 heterocycles. The minimum atomic E-state index is -0.385. The third-order valence-electron chi connectivity index (χ3n) is 5.13. The number of tetrazole rings is 1. The van der Waals surface area contributed by atoms with Gasteiger partial charge < -0.3 is 4.90 Å². The quantitative estimate of drug-likeness (QED) is 0.764. The summed E-state index contributed by atoms with van der Waals surface area (Å²) in [5, 5.41) is 14.4. The van der Waals surface area contributed by atoms with Crippen LogP contribution in [0.15, 0.2) is 10.9 Å². The second-order valence-corrected chi connectivity index (χ2v) is 8.26. The number of hydrogen-bond donors (Lipinski definition) is 0. The van der Waals surface area contributed by atoms with Crippen LogP contribution in [0.3, 0.4) is 0 Å². The molecule has 142 valence electrons. The number of amides is 1. The van der Waals surface area contributed by atoms with Gasteiger partial charge >= 0.3 is 0 Å². The lowest BCUT2D eigenvalue weighted by molar-refractivity contribution is 0.0253. The van der Waals surface area contributed by atoms with Gasteiger partial charge in [-0.3, -0.25) is 9.69 Å². The van der Waals surface area contributed by atoms with Crippen molar-refractivity contribution in [3.05, 3.63) is 22.4 Å². The van der Waals surface area contributed by atoms with Gasteiger partial charge in [-0.1, -0.05) is 13.8 Å². The predicted octanol–water partition coefficient (Wildman–Crippen LogP) is 1.87. The summed E-state index contributed by atoms with van der Waals surface area (Å²) in [4.78, 5) is 21.1. The van der Waals surface area contributed by atoms with Crippen LogP contribution < -0.4 is 0 Å². The van der Waals surface area contributed by atoms with Gasteiger partial charge in [0.05, 0.1) is 5.51 Å². The lowest BCUT2D eigenvalue weighted by Gasteiger charge is -2.45. The highest BCUT2D eigenvalue weighted by atomic mass is 32.1. The first-order chi connectivity index (χ1) is 12.4. The van der Waals surface area contributed by atoms with Gasteiger partial charge in [0.2, 0.25) is 0 Å². The molecule has 0 aliphatic carbocycles. The smallest absolute Gasteiger partial charge is 0.273 e. The number of piperidine rings is 1. The average molecular weight is 378 g/mol. The summed E-state index contributed by atoms with van der Waals surface area (Å²) in [6, 6.07) is 0. The van der Waals surface area contributed by atoms with Gasteiger partial charge in [-0.05, 0) is 49.7 Å². The number of likely N-dealkylation sites (tertiary alicyclic amines) is 1. The molecule has 0 aromatic carbocycles. The summed E-state index contributed by atoms with van der Waals surface area (Å²) in [7, 11) is 4.08. The van der Waals surface area contributed by atoms with Crippen molar-refractivity contribution in [2.75, 3.05) is 27.2 Å². The molecule has 8 nitrogen and oxygen atoms in total. The number of aromatic nitrogens is 5. The Morgan fingerprint density at radius 2 is 2.23 bits per heavy atom. The van der Waals surface area contributed by atoms with Gasteiger partial charge in [0.15, 0.2) is 5.82 Å². The fraction of sp³-hybridized carbons (Fsp3) is 0.706. The van der Waals surface area contributed by atoms with Gasteiger partial charge in [-0.2, -0.15) is 0 Å². The van der Waals surface area contributed by atoms with Crippen molar-refractivity contribution in [1.82, 2.24) is 35.0 Å². The number of likely N-dealkylation sites (N-methyl/N-ethyl adjacent to an activating group) is 1. The maximum atomic E-state index is 12.8. The molecule has 2 aromatic rings. The van der Waals surface area contributed by atoms with E-state index in [2.05, 4.69) is 39.3 Å². The molecule has 1 unspecified atom stereocenters. The standard InChI is InChI=1S/C17H27N7OS/c1-13(2)6-9-24-16(19-20-21-24)17(22(3)4)7-5-8-23(11-17)15(25)14-10-26-12-18-14/h10,12-13H,5-9,11H2,1-4H3. The van der Waals surface area contributed by atoms with E-state index in [1.807, 2.05) is 23.7 Å². The highest BCUT2D eigenvalue weighted by Gasteiger charge is 2.45. The molecule has 1 aliphatic rings. The molecule has 0 bridgehead atoms. The lowest BCUT2D eigenvalue weighted by Crippen LogP contribution is -2.56. The van der Waals surface area contributed by atoms with Crippen molar-refractivity contribution in [2.45, 2.75) is 45.2 Å². The summed E-state index contributed by atoms with van der Waals surface area (Å²) >= 11 is 1.44. The maximum Gasteiger partial charge on any atom is 0.273 e. The van der Waals surface area contributed by atoms with E-state index in [0.717, 1.165) is 38.2 Å². The van der Waals surface area contributed by atoms with Crippen LogP contribution in [0.25, 0.3) is 0 Å². The Labute approximate surface area is 158 Å². The monoisotopic (exact) mass is 377 g/mol. The molecular weight excluding hydrogens is 350 g/mol. The number of aryl methyl sites for hydroxylation is 1. The highest BCUT2D eigenvalue weighted by molar-refractivity contribution is 7.07. The number of rotatable bonds is 6. The molecule has 0 saturated carbocycles. The molecule has 1 atom stereocenters. The van der Waals surface area contributed by atoms with Crippen LogP contribution in [0.4, 0.5) is 0 Å². The maximum absolute atomic E-state index is 12.8. The van der Waals surface area contributed by atoms with E-state index in [0.29, 0.717) is 18.2 Å². The zero-order chi connectivity index (χ0) is 18.7. The van der Waals surface area contributed by atoms with Crippen LogP contribution in [-0.2, 0) is 12.1 Å². The van der Waals surface area contributed by atoms with E-state index in [4.69, 9.17) is 0 Å². The van der Waals surface area contributed by atoms with Gasteiger partial charge in [0.25, 0.3) is 5.91 Å². The summed E-state index contributed by atoms with van der Waals surface area (Å²) in [6.45, 7) is 6.48. The Balaban J connectivity index is 1.88. The van der Waals surface area contributed by atoms with Crippen LogP contribution >= 0.6 is 11.3 Å². The Hall–Kier alpha value is -1.87. The minimum Gasteiger partial charge on any atom is -0.335 e. The number of nitrogens with zero attached hydrogens (tertiary/aromatic N) is 7. The van der Waals surface area contributed by atoms with E-state index < -0.39 is 0 Å². The van der Waals surface area contributed by atoms with E-state index in [1.54, 1.807) is 10.9 Å². The highest BCUT2D eigenvalue weighted by Crippen LogP contribution is 2.35. The van der Waals surface area contributed by atoms with E-state index in [9.17, 15) is 4.79 Å². The van der Waals surface area contributed by atoms with Crippen LogP contribution in [0.2, 0.25) is 0 Å². The second-order valence-electron chi connectivity index (χ2n) is 7.54. The van der Waals surface area contributed by atoms with Gasteiger partial charge in [0, 0.05) is 25.0 Å². The first-order valence-corrected chi connectivity index (χ1v) is 10.00. The van der Waals surface area contributed by atoms with Crippen molar-refractivity contribution >= 4 is 17.2 Å². The number of hydrogen-bond acceptors (Lipinski definition) is 7. The van der Waals surface area contributed by atoms with Gasteiger partial charge in [-0.15, -0.1) is 16.4 Å². The molecule has 0 radical (unpaired) electrons. The van der Waals surface area contributed by atoms with Gasteiger partial charge in [-0.25, -0.2) is 9.67 Å². The third kappa shape index (κ3) is 3.64. The predicted molar refractivity (Wildman–Crippen MR) is 99.9 cm³/mol. The molecule has 9 heteroatoms. The second kappa shape index (κ2) is 7.79. The largest absolute Gasteiger partial charge is 0.335 e. The van der Waals surface area contributed by atoms with Crippen LogP contribution in [-0.4, -0.2) is 68.1 Å². The van der Waals surface area contributed by atoms with Crippen molar-refractivity contribution in [3.63, 3.8) is 0 Å². The van der Waals surface area contributed by atoms with E-state index >= 15 is 0 Å². The SMILES string of the molecule is CC(C)CCn1nnnc1C1(N(C)C)CCCN(C(=O)c2cscn2)C1. The molecular formula is C17H27N7OS. The van der Waals surface area contributed by atoms with E-state index in [1.165, 1.54) is 11.3 Å². The van der Waals surface area contributed by atoms with Crippen molar-refractivity contribution < 1.29 is 4.79 Å². The molecule has 3 rings (SSSR count). The van der Waals surface area contributed by atoms with Crippen molar-refractivity contribution in [1.29, 1.82) is 0 Å². The molecule has 26 heavy (non-hydrogen) atoms. The minimum absolute atomic E-state index is 0.0154. The van der Waals surface area contributed by atoms with Crippen molar-refractivity contribution in [2.24, 2.45) is 5.92 Å². The first-order valence-electron chi connectivity index (χ1n) is 9.05. The lowest BCUT2D eigenvalue weighted by atomic mass is 9.86. The molecule has 2 aromatic heterocycles. The van der Waals surface area contributed by atoms with Gasteiger partial charge in [0.1, 0.15) is 11.2 Å². The number of thiazole rings is 1.